The minimum Gasteiger partial charge on any atom is -0.495 e. The highest BCUT2D eigenvalue weighted by atomic mass is 35.5. The largest absolute Gasteiger partial charge is 0.495 e. The molecule has 0 aliphatic rings. The van der Waals surface area contributed by atoms with E-state index in [-0.39, 0.29) is 9.92 Å². The maximum Gasteiger partial charge on any atom is 0.261 e. The molecule has 0 unspecified atom stereocenters. The average molecular weight is 384 g/mol. The lowest BCUT2D eigenvalue weighted by Crippen LogP contribution is -2.19. The van der Waals surface area contributed by atoms with Gasteiger partial charge in [0, 0.05) is 13.6 Å². The number of halogens is 1. The molecule has 1 aromatic carbocycles. The van der Waals surface area contributed by atoms with Crippen molar-refractivity contribution < 1.29 is 13.2 Å². The fraction of sp³-hybridized carbons (Fsp3) is 0.353. The number of hydrogen-bond donors (Lipinski definition) is 1. The molecule has 0 aliphatic carbocycles. The Hall–Kier alpha value is -1.99. The normalized spacial score (nSPS) is 11.2. The second-order valence-electron chi connectivity index (χ2n) is 5.58. The van der Waals surface area contributed by atoms with Crippen LogP contribution in [-0.2, 0) is 10.0 Å². The van der Waals surface area contributed by atoms with E-state index >= 15 is 0 Å². The number of methoxy groups -OCH3 is 1. The number of anilines is 2. The molecule has 0 radical (unpaired) electrons. The Bertz CT molecular complexity index is 810. The van der Waals surface area contributed by atoms with Crippen molar-refractivity contribution in [2.45, 2.75) is 24.7 Å². The van der Waals surface area contributed by atoms with Gasteiger partial charge in [-0.05, 0) is 36.8 Å². The molecule has 0 saturated carbocycles. The minimum absolute atomic E-state index is 0.0578. The summed E-state index contributed by atoms with van der Waals surface area (Å²) < 4.78 is 32.5. The van der Waals surface area contributed by atoms with E-state index in [1.807, 2.05) is 11.9 Å². The third kappa shape index (κ3) is 4.99. The number of ether oxygens (including phenoxy) is 1. The van der Waals surface area contributed by atoms with Gasteiger partial charge in [-0.2, -0.15) is 0 Å². The monoisotopic (exact) mass is 383 g/mol. The van der Waals surface area contributed by atoms with Crippen LogP contribution in [0.3, 0.4) is 0 Å². The van der Waals surface area contributed by atoms with Gasteiger partial charge < -0.3 is 9.64 Å². The second kappa shape index (κ2) is 8.40. The molecule has 0 fully saturated rings. The maximum absolute atomic E-state index is 12.5. The van der Waals surface area contributed by atoms with Crippen LogP contribution in [0.25, 0.3) is 0 Å². The molecule has 25 heavy (non-hydrogen) atoms. The first-order valence-electron chi connectivity index (χ1n) is 7.91. The lowest BCUT2D eigenvalue weighted by Gasteiger charge is -2.18. The van der Waals surface area contributed by atoms with Crippen molar-refractivity contribution in [1.29, 1.82) is 0 Å². The quantitative estimate of drug-likeness (QED) is 0.751. The average Bonchev–Trinajstić information content (AvgIpc) is 2.59. The number of pyridine rings is 1. The van der Waals surface area contributed by atoms with Gasteiger partial charge in [0.25, 0.3) is 10.0 Å². The zero-order chi connectivity index (χ0) is 18.4. The Morgan fingerprint density at radius 2 is 2.04 bits per heavy atom. The Morgan fingerprint density at radius 1 is 1.28 bits per heavy atom. The van der Waals surface area contributed by atoms with Crippen molar-refractivity contribution in [2.75, 3.05) is 30.3 Å². The van der Waals surface area contributed by atoms with Gasteiger partial charge in [0.05, 0.1) is 28.9 Å². The van der Waals surface area contributed by atoms with Crippen LogP contribution in [-0.4, -0.2) is 34.1 Å². The van der Waals surface area contributed by atoms with Crippen molar-refractivity contribution in [3.8, 4) is 5.75 Å². The molecule has 0 amide bonds. The van der Waals surface area contributed by atoms with E-state index in [1.54, 1.807) is 12.1 Å². The Kier molecular flexibility index (Phi) is 6.50. The summed E-state index contributed by atoms with van der Waals surface area (Å²) in [6, 6.07) is 7.78. The van der Waals surface area contributed by atoms with E-state index in [9.17, 15) is 8.42 Å². The molecule has 0 atom stereocenters. The Morgan fingerprint density at radius 3 is 2.60 bits per heavy atom. The van der Waals surface area contributed by atoms with Gasteiger partial charge in [-0.15, -0.1) is 0 Å². The molecule has 6 nitrogen and oxygen atoms in total. The summed E-state index contributed by atoms with van der Waals surface area (Å²) >= 11 is 6.00. The summed E-state index contributed by atoms with van der Waals surface area (Å²) in [6.45, 7) is 3.03. The van der Waals surface area contributed by atoms with Crippen LogP contribution in [0.4, 0.5) is 11.5 Å². The highest BCUT2D eigenvalue weighted by Crippen LogP contribution is 2.28. The molecular weight excluding hydrogens is 362 g/mol. The Labute approximate surface area is 153 Å². The molecule has 2 aromatic rings. The fourth-order valence-corrected chi connectivity index (χ4v) is 3.60. The summed E-state index contributed by atoms with van der Waals surface area (Å²) in [5, 5.41) is 0.233. The van der Waals surface area contributed by atoms with Crippen LogP contribution in [0.5, 0.6) is 5.75 Å². The molecule has 1 heterocycles. The SMILES string of the molecule is CCCCN(C)c1ccc(NS(=O)(=O)c2ccc(OC)c(Cl)c2)cn1. The number of aromatic nitrogens is 1. The molecule has 0 bridgehead atoms. The van der Waals surface area contributed by atoms with Gasteiger partial charge in [0.1, 0.15) is 11.6 Å². The van der Waals surface area contributed by atoms with Crippen molar-refractivity contribution in [3.63, 3.8) is 0 Å². The number of nitrogens with one attached hydrogen (secondary N) is 1. The molecule has 0 saturated heterocycles. The highest BCUT2D eigenvalue weighted by molar-refractivity contribution is 7.92. The van der Waals surface area contributed by atoms with Crippen molar-refractivity contribution in [1.82, 2.24) is 4.98 Å². The van der Waals surface area contributed by atoms with Crippen LogP contribution in [0.1, 0.15) is 19.8 Å². The predicted molar refractivity (Wildman–Crippen MR) is 101 cm³/mol. The number of unbranched alkanes of at least 4 members (excludes halogenated alkanes) is 1. The zero-order valence-electron chi connectivity index (χ0n) is 14.5. The van der Waals surface area contributed by atoms with Crippen molar-refractivity contribution in [3.05, 3.63) is 41.6 Å². The minimum atomic E-state index is -3.75. The smallest absolute Gasteiger partial charge is 0.261 e. The van der Waals surface area contributed by atoms with Gasteiger partial charge in [0.2, 0.25) is 0 Å². The van der Waals surface area contributed by atoms with Crippen LogP contribution in [0, 0.1) is 0 Å². The standard InChI is InChI=1S/C17H22ClN3O3S/c1-4-5-10-21(2)17-9-6-13(12-19-17)20-25(22,23)14-7-8-16(24-3)15(18)11-14/h6-9,11-12,20H,4-5,10H2,1-3H3. The van der Waals surface area contributed by atoms with Crippen LogP contribution < -0.4 is 14.4 Å². The molecule has 1 N–H and O–H groups in total. The first kappa shape index (κ1) is 19.3. The van der Waals surface area contributed by atoms with E-state index in [2.05, 4.69) is 16.6 Å². The lowest BCUT2D eigenvalue weighted by atomic mass is 10.3. The molecule has 136 valence electrons. The topological polar surface area (TPSA) is 71.5 Å². The molecular formula is C17H22ClN3O3S. The third-order valence-corrected chi connectivity index (χ3v) is 5.35. The van der Waals surface area contributed by atoms with E-state index in [1.165, 1.54) is 31.5 Å². The van der Waals surface area contributed by atoms with Gasteiger partial charge in [-0.1, -0.05) is 24.9 Å². The number of sulfonamides is 1. The van der Waals surface area contributed by atoms with E-state index < -0.39 is 10.0 Å². The fourth-order valence-electron chi connectivity index (χ4n) is 2.21. The lowest BCUT2D eigenvalue weighted by molar-refractivity contribution is 0.414. The maximum atomic E-state index is 12.5. The summed E-state index contributed by atoms with van der Waals surface area (Å²) in [5.74, 6) is 1.21. The highest BCUT2D eigenvalue weighted by Gasteiger charge is 2.16. The Balaban J connectivity index is 2.14. The third-order valence-electron chi connectivity index (χ3n) is 3.67. The number of hydrogen-bond acceptors (Lipinski definition) is 5. The van der Waals surface area contributed by atoms with Gasteiger partial charge in [-0.3, -0.25) is 4.72 Å². The first-order chi connectivity index (χ1) is 11.9. The summed E-state index contributed by atoms with van der Waals surface area (Å²) in [7, 11) is -0.322. The molecule has 1 aromatic heterocycles. The van der Waals surface area contributed by atoms with Crippen LogP contribution in [0.15, 0.2) is 41.4 Å². The zero-order valence-corrected chi connectivity index (χ0v) is 16.1. The van der Waals surface area contributed by atoms with Gasteiger partial charge >= 0.3 is 0 Å². The van der Waals surface area contributed by atoms with Crippen molar-refractivity contribution >= 4 is 33.1 Å². The summed E-state index contributed by atoms with van der Waals surface area (Å²) in [5.41, 5.74) is 0.389. The van der Waals surface area contributed by atoms with E-state index in [4.69, 9.17) is 16.3 Å². The number of nitrogens with zero attached hydrogens (tertiary/aromatic N) is 2. The molecule has 2 rings (SSSR count). The summed E-state index contributed by atoms with van der Waals surface area (Å²) in [6.07, 6.45) is 3.68. The van der Waals surface area contributed by atoms with Crippen LogP contribution >= 0.6 is 11.6 Å². The van der Waals surface area contributed by atoms with E-state index in [0.29, 0.717) is 11.4 Å². The molecule has 8 heteroatoms. The first-order valence-corrected chi connectivity index (χ1v) is 9.77. The predicted octanol–water partition coefficient (Wildman–Crippen LogP) is 3.78. The van der Waals surface area contributed by atoms with Crippen LogP contribution in [0.2, 0.25) is 5.02 Å². The number of benzene rings is 1. The number of rotatable bonds is 8. The molecule has 0 spiro atoms. The van der Waals surface area contributed by atoms with Gasteiger partial charge in [0.15, 0.2) is 0 Å². The van der Waals surface area contributed by atoms with E-state index in [0.717, 1.165) is 25.2 Å². The van der Waals surface area contributed by atoms with Crippen molar-refractivity contribution in [2.24, 2.45) is 0 Å². The summed E-state index contributed by atoms with van der Waals surface area (Å²) in [4.78, 5) is 6.40. The molecule has 0 aliphatic heterocycles. The second-order valence-corrected chi connectivity index (χ2v) is 7.67. The van der Waals surface area contributed by atoms with Gasteiger partial charge in [-0.25, -0.2) is 13.4 Å².